The summed E-state index contributed by atoms with van der Waals surface area (Å²) in [5.41, 5.74) is 1.28. The molecule has 30 heavy (non-hydrogen) atoms. The predicted octanol–water partition coefficient (Wildman–Crippen LogP) is 4.35. The van der Waals surface area contributed by atoms with Crippen LogP contribution in [0.2, 0.25) is 5.02 Å². The van der Waals surface area contributed by atoms with Crippen molar-refractivity contribution in [1.29, 1.82) is 0 Å². The first-order chi connectivity index (χ1) is 14.4. The fraction of sp³-hybridized carbons (Fsp3) is 0.238. The van der Waals surface area contributed by atoms with Crippen molar-refractivity contribution in [3.63, 3.8) is 0 Å². The first-order valence-electron chi connectivity index (χ1n) is 9.07. The Morgan fingerprint density at radius 3 is 2.63 bits per heavy atom. The monoisotopic (exact) mass is 450 g/mol. The quantitative estimate of drug-likeness (QED) is 0.684. The van der Waals surface area contributed by atoms with Crippen LogP contribution in [0.1, 0.15) is 22.8 Å². The van der Waals surface area contributed by atoms with Crippen LogP contribution in [0, 0.1) is 5.82 Å². The molecule has 0 aromatic heterocycles. The molecule has 6 nitrogen and oxygen atoms in total. The number of amides is 2. The smallest absolute Gasteiger partial charge is 0.265 e. The van der Waals surface area contributed by atoms with Crippen molar-refractivity contribution in [2.24, 2.45) is 0 Å². The first kappa shape index (κ1) is 22.0. The lowest BCUT2D eigenvalue weighted by Crippen LogP contribution is -2.24. The van der Waals surface area contributed by atoms with Gasteiger partial charge in [-0.25, -0.2) is 4.39 Å². The van der Waals surface area contributed by atoms with Gasteiger partial charge in [-0.1, -0.05) is 23.7 Å². The normalized spacial score (nSPS) is 13.5. The molecule has 0 saturated carbocycles. The van der Waals surface area contributed by atoms with Gasteiger partial charge < -0.3 is 20.1 Å². The predicted molar refractivity (Wildman–Crippen MR) is 115 cm³/mol. The van der Waals surface area contributed by atoms with Crippen LogP contribution in [0.25, 0.3) is 0 Å². The SMILES string of the molecule is COc1cc(NC(=O)C2=C(C)OCCS2)c(Cl)cc1C(=O)NCc1ccc(F)cc1. The van der Waals surface area contributed by atoms with Crippen LogP contribution in [0.3, 0.4) is 0 Å². The molecule has 0 spiro atoms. The second-order valence-electron chi connectivity index (χ2n) is 6.38. The van der Waals surface area contributed by atoms with E-state index in [1.54, 1.807) is 19.1 Å². The first-order valence-corrected chi connectivity index (χ1v) is 10.4. The van der Waals surface area contributed by atoms with Gasteiger partial charge in [0.2, 0.25) is 0 Å². The maximum atomic E-state index is 13.0. The van der Waals surface area contributed by atoms with Gasteiger partial charge in [-0.3, -0.25) is 9.59 Å². The second kappa shape index (κ2) is 9.86. The number of hydrogen-bond donors (Lipinski definition) is 2. The number of allylic oxidation sites excluding steroid dienone is 1. The van der Waals surface area contributed by atoms with Gasteiger partial charge in [0, 0.05) is 18.4 Å². The van der Waals surface area contributed by atoms with Gasteiger partial charge >= 0.3 is 0 Å². The van der Waals surface area contributed by atoms with Gasteiger partial charge in [-0.15, -0.1) is 11.8 Å². The summed E-state index contributed by atoms with van der Waals surface area (Å²) < 4.78 is 23.7. The molecule has 0 saturated heterocycles. The molecule has 0 unspecified atom stereocenters. The number of rotatable bonds is 6. The maximum absolute atomic E-state index is 13.0. The van der Waals surface area contributed by atoms with Gasteiger partial charge in [-0.05, 0) is 30.7 Å². The summed E-state index contributed by atoms with van der Waals surface area (Å²) in [6.07, 6.45) is 0. The van der Waals surface area contributed by atoms with Gasteiger partial charge in [0.15, 0.2) is 0 Å². The number of carbonyl (C=O) groups excluding carboxylic acids is 2. The highest BCUT2D eigenvalue weighted by molar-refractivity contribution is 8.04. The highest BCUT2D eigenvalue weighted by Crippen LogP contribution is 2.33. The molecule has 158 valence electrons. The summed E-state index contributed by atoms with van der Waals surface area (Å²) >= 11 is 7.72. The molecule has 2 aromatic carbocycles. The van der Waals surface area contributed by atoms with Crippen molar-refractivity contribution in [2.45, 2.75) is 13.5 Å². The van der Waals surface area contributed by atoms with E-state index in [4.69, 9.17) is 21.1 Å². The topological polar surface area (TPSA) is 76.7 Å². The van der Waals surface area contributed by atoms with Gasteiger partial charge in [0.05, 0.1) is 30.0 Å². The van der Waals surface area contributed by atoms with Gasteiger partial charge in [0.1, 0.15) is 22.2 Å². The van der Waals surface area contributed by atoms with E-state index in [0.29, 0.717) is 28.7 Å². The molecule has 2 amide bonds. The molecule has 2 aromatic rings. The molecule has 0 bridgehead atoms. The third-order valence-electron chi connectivity index (χ3n) is 4.32. The Balaban J connectivity index is 1.75. The summed E-state index contributed by atoms with van der Waals surface area (Å²) in [4.78, 5) is 25.6. The number of hydrogen-bond acceptors (Lipinski definition) is 5. The molecule has 2 N–H and O–H groups in total. The Morgan fingerprint density at radius 2 is 1.97 bits per heavy atom. The van der Waals surface area contributed by atoms with E-state index in [-0.39, 0.29) is 34.6 Å². The molecule has 9 heteroatoms. The molecule has 1 aliphatic rings. The third-order valence-corrected chi connectivity index (χ3v) is 5.77. The zero-order valence-corrected chi connectivity index (χ0v) is 18.0. The Kier molecular flexibility index (Phi) is 7.23. The molecule has 0 radical (unpaired) electrons. The molecule has 0 atom stereocenters. The Hall–Kier alpha value is -2.71. The van der Waals surface area contributed by atoms with E-state index >= 15 is 0 Å². The average Bonchev–Trinajstić information content (AvgIpc) is 2.74. The number of nitrogens with one attached hydrogen (secondary N) is 2. The minimum Gasteiger partial charge on any atom is -0.496 e. The zero-order chi connectivity index (χ0) is 21.7. The Bertz CT molecular complexity index is 995. The van der Waals surface area contributed by atoms with Crippen LogP contribution in [0.15, 0.2) is 47.1 Å². The Labute approximate surface area is 182 Å². The summed E-state index contributed by atoms with van der Waals surface area (Å²) in [6, 6.07) is 8.75. The van der Waals surface area contributed by atoms with Crippen LogP contribution in [-0.4, -0.2) is 31.3 Å². The fourth-order valence-corrected chi connectivity index (χ4v) is 3.81. The molecule has 3 rings (SSSR count). The Morgan fingerprint density at radius 1 is 1.23 bits per heavy atom. The van der Waals surface area contributed by atoms with Gasteiger partial charge in [0.25, 0.3) is 11.8 Å². The number of methoxy groups -OCH3 is 1. The second-order valence-corrected chi connectivity index (χ2v) is 7.89. The van der Waals surface area contributed by atoms with E-state index in [9.17, 15) is 14.0 Å². The average molecular weight is 451 g/mol. The molecular formula is C21H20ClFN2O4S. The summed E-state index contributed by atoms with van der Waals surface area (Å²) in [5, 5.41) is 5.67. The number of ether oxygens (including phenoxy) is 2. The van der Waals surface area contributed by atoms with Crippen molar-refractivity contribution < 1.29 is 23.5 Å². The standard InChI is InChI=1S/C21H20ClFN2O4S/c1-12-19(30-8-7-29-12)21(27)25-17-10-18(28-2)15(9-16(17)22)20(26)24-11-13-3-5-14(23)6-4-13/h3-6,9-10H,7-8,11H2,1-2H3,(H,24,26)(H,25,27). The van der Waals surface area contributed by atoms with E-state index in [2.05, 4.69) is 10.6 Å². The van der Waals surface area contributed by atoms with Crippen molar-refractivity contribution in [3.05, 3.63) is 69.0 Å². The number of halogens is 2. The van der Waals surface area contributed by atoms with E-state index < -0.39 is 5.91 Å². The zero-order valence-electron chi connectivity index (χ0n) is 16.4. The van der Waals surface area contributed by atoms with Crippen LogP contribution < -0.4 is 15.4 Å². The number of carbonyl (C=O) groups is 2. The van der Waals surface area contributed by atoms with Crippen molar-refractivity contribution in [1.82, 2.24) is 5.32 Å². The molecule has 1 aliphatic heterocycles. The van der Waals surface area contributed by atoms with Crippen molar-refractivity contribution in [3.8, 4) is 5.75 Å². The fourth-order valence-electron chi connectivity index (χ4n) is 2.79. The number of thioether (sulfide) groups is 1. The molecule has 0 fully saturated rings. The lowest BCUT2D eigenvalue weighted by molar-refractivity contribution is -0.112. The van der Waals surface area contributed by atoms with Crippen LogP contribution >= 0.6 is 23.4 Å². The molecule has 0 aliphatic carbocycles. The largest absolute Gasteiger partial charge is 0.496 e. The van der Waals surface area contributed by atoms with E-state index in [1.165, 1.54) is 43.1 Å². The lowest BCUT2D eigenvalue weighted by Gasteiger charge is -2.18. The van der Waals surface area contributed by atoms with Crippen LogP contribution in [0.4, 0.5) is 10.1 Å². The number of anilines is 1. The summed E-state index contributed by atoms with van der Waals surface area (Å²) in [7, 11) is 1.42. The van der Waals surface area contributed by atoms with E-state index in [1.807, 2.05) is 0 Å². The molecule has 1 heterocycles. The number of benzene rings is 2. The van der Waals surface area contributed by atoms with Crippen molar-refractivity contribution >= 4 is 40.9 Å². The summed E-state index contributed by atoms with van der Waals surface area (Å²) in [6.45, 7) is 2.50. The minimum absolute atomic E-state index is 0.191. The highest BCUT2D eigenvalue weighted by Gasteiger charge is 2.21. The van der Waals surface area contributed by atoms with Crippen LogP contribution in [0.5, 0.6) is 5.75 Å². The third kappa shape index (κ3) is 5.25. The van der Waals surface area contributed by atoms with Crippen molar-refractivity contribution in [2.75, 3.05) is 24.8 Å². The van der Waals surface area contributed by atoms with Gasteiger partial charge in [-0.2, -0.15) is 0 Å². The van der Waals surface area contributed by atoms with E-state index in [0.717, 1.165) is 5.56 Å². The van der Waals surface area contributed by atoms with Crippen LogP contribution in [-0.2, 0) is 16.1 Å². The minimum atomic E-state index is -0.411. The maximum Gasteiger partial charge on any atom is 0.265 e. The summed E-state index contributed by atoms with van der Waals surface area (Å²) in [5.74, 6) is 0.401. The molecular weight excluding hydrogens is 431 g/mol. The highest BCUT2D eigenvalue weighted by atomic mass is 35.5. The lowest BCUT2D eigenvalue weighted by atomic mass is 10.1.